The molecule has 102 valence electrons. The summed E-state index contributed by atoms with van der Waals surface area (Å²) in [6, 6.07) is 16.4. The zero-order chi connectivity index (χ0) is 13.9. The molecule has 0 fully saturated rings. The first-order chi connectivity index (χ1) is 9.79. The van der Waals surface area contributed by atoms with Crippen molar-refractivity contribution >= 4 is 21.4 Å². The summed E-state index contributed by atoms with van der Waals surface area (Å²) in [5.74, 6) is 0.887. The van der Waals surface area contributed by atoms with E-state index in [-0.39, 0.29) is 6.04 Å². The molecule has 0 radical (unpaired) electrons. The summed E-state index contributed by atoms with van der Waals surface area (Å²) in [4.78, 5) is 0. The lowest BCUT2D eigenvalue weighted by atomic mass is 9.98. The number of nitrogens with two attached hydrogens (primary N) is 1. The highest BCUT2D eigenvalue weighted by Crippen LogP contribution is 2.31. The van der Waals surface area contributed by atoms with Gasteiger partial charge in [0.1, 0.15) is 5.75 Å². The van der Waals surface area contributed by atoms with Crippen molar-refractivity contribution in [2.24, 2.45) is 5.73 Å². The number of ether oxygens (including phenoxy) is 1. The maximum atomic E-state index is 6.43. The quantitative estimate of drug-likeness (QED) is 0.772. The lowest BCUT2D eigenvalue weighted by Crippen LogP contribution is -2.11. The molecule has 2 N–H and O–H groups in total. The molecule has 0 aliphatic rings. The molecule has 0 saturated heterocycles. The van der Waals surface area contributed by atoms with Crippen LogP contribution in [0.1, 0.15) is 24.1 Å². The Morgan fingerprint density at radius 1 is 1.10 bits per heavy atom. The number of fused-ring (bicyclic) bond motifs is 1. The van der Waals surface area contributed by atoms with Crippen LogP contribution in [0.3, 0.4) is 0 Å². The molecular formula is C17H17NOS. The van der Waals surface area contributed by atoms with E-state index in [1.165, 1.54) is 15.6 Å². The van der Waals surface area contributed by atoms with E-state index in [2.05, 4.69) is 29.6 Å². The largest absolute Gasteiger partial charge is 0.494 e. The SMILES string of the molecule is CCOc1ccc(C(N)c2cccc3ccsc23)cc1. The summed E-state index contributed by atoms with van der Waals surface area (Å²) in [7, 11) is 0. The van der Waals surface area contributed by atoms with Gasteiger partial charge in [-0.15, -0.1) is 11.3 Å². The van der Waals surface area contributed by atoms with Gasteiger partial charge in [0.2, 0.25) is 0 Å². The van der Waals surface area contributed by atoms with Crippen LogP contribution in [0.5, 0.6) is 5.75 Å². The maximum absolute atomic E-state index is 6.43. The molecule has 0 bridgehead atoms. The second kappa shape index (κ2) is 5.65. The average molecular weight is 283 g/mol. The number of hydrogen-bond donors (Lipinski definition) is 1. The highest BCUT2D eigenvalue weighted by atomic mass is 32.1. The molecule has 2 aromatic carbocycles. The molecule has 3 aromatic rings. The van der Waals surface area contributed by atoms with Gasteiger partial charge in [-0.2, -0.15) is 0 Å². The Morgan fingerprint density at radius 3 is 2.65 bits per heavy atom. The van der Waals surface area contributed by atoms with E-state index >= 15 is 0 Å². The molecule has 0 spiro atoms. The van der Waals surface area contributed by atoms with Crippen LogP contribution in [-0.4, -0.2) is 6.61 Å². The fourth-order valence-electron chi connectivity index (χ4n) is 2.38. The van der Waals surface area contributed by atoms with Gasteiger partial charge in [-0.3, -0.25) is 0 Å². The van der Waals surface area contributed by atoms with Crippen LogP contribution >= 0.6 is 11.3 Å². The molecular weight excluding hydrogens is 266 g/mol. The third-order valence-corrected chi connectivity index (χ3v) is 4.37. The van der Waals surface area contributed by atoms with Crippen molar-refractivity contribution in [3.8, 4) is 5.75 Å². The molecule has 0 saturated carbocycles. The number of thiophene rings is 1. The maximum Gasteiger partial charge on any atom is 0.119 e. The first-order valence-electron chi connectivity index (χ1n) is 6.74. The van der Waals surface area contributed by atoms with E-state index in [1.807, 2.05) is 31.2 Å². The van der Waals surface area contributed by atoms with Crippen molar-refractivity contribution in [3.63, 3.8) is 0 Å². The van der Waals surface area contributed by atoms with E-state index in [1.54, 1.807) is 11.3 Å². The molecule has 3 heteroatoms. The summed E-state index contributed by atoms with van der Waals surface area (Å²) in [5.41, 5.74) is 8.72. The van der Waals surface area contributed by atoms with Gasteiger partial charge < -0.3 is 10.5 Å². The Morgan fingerprint density at radius 2 is 1.90 bits per heavy atom. The Labute approximate surface area is 122 Å². The van der Waals surface area contributed by atoms with Crippen molar-refractivity contribution < 1.29 is 4.74 Å². The summed E-state index contributed by atoms with van der Waals surface area (Å²) in [6.45, 7) is 2.66. The highest BCUT2D eigenvalue weighted by Gasteiger charge is 2.12. The lowest BCUT2D eigenvalue weighted by Gasteiger charge is -2.14. The van der Waals surface area contributed by atoms with Crippen LogP contribution in [0.4, 0.5) is 0 Å². The number of rotatable bonds is 4. The number of benzene rings is 2. The minimum Gasteiger partial charge on any atom is -0.494 e. The van der Waals surface area contributed by atoms with Gasteiger partial charge in [0, 0.05) is 4.70 Å². The minimum atomic E-state index is -0.104. The van der Waals surface area contributed by atoms with Gasteiger partial charge in [-0.25, -0.2) is 0 Å². The average Bonchev–Trinajstić information content (AvgIpc) is 2.96. The van der Waals surface area contributed by atoms with Crippen LogP contribution in [0.2, 0.25) is 0 Å². The topological polar surface area (TPSA) is 35.2 Å². The zero-order valence-electron chi connectivity index (χ0n) is 11.4. The first-order valence-corrected chi connectivity index (χ1v) is 7.62. The van der Waals surface area contributed by atoms with Gasteiger partial charge in [0.15, 0.2) is 0 Å². The van der Waals surface area contributed by atoms with Crippen LogP contribution in [0.25, 0.3) is 10.1 Å². The normalized spacial score (nSPS) is 12.5. The first kappa shape index (κ1) is 13.2. The summed E-state index contributed by atoms with van der Waals surface area (Å²) >= 11 is 1.74. The van der Waals surface area contributed by atoms with Crippen LogP contribution in [0, 0.1) is 0 Å². The predicted molar refractivity (Wildman–Crippen MR) is 85.5 cm³/mol. The fraction of sp³-hybridized carbons (Fsp3) is 0.176. The summed E-state index contributed by atoms with van der Waals surface area (Å²) in [6.07, 6.45) is 0. The molecule has 1 atom stereocenters. The molecule has 1 heterocycles. The van der Waals surface area contributed by atoms with E-state index in [0.29, 0.717) is 6.61 Å². The zero-order valence-corrected chi connectivity index (χ0v) is 12.2. The Balaban J connectivity index is 1.95. The van der Waals surface area contributed by atoms with Gasteiger partial charge in [0.25, 0.3) is 0 Å². The van der Waals surface area contributed by atoms with E-state index in [4.69, 9.17) is 10.5 Å². The molecule has 0 aliphatic heterocycles. The molecule has 0 amide bonds. The smallest absolute Gasteiger partial charge is 0.119 e. The standard InChI is InChI=1S/C17H17NOS/c1-2-19-14-8-6-12(7-9-14)16(18)15-5-3-4-13-10-11-20-17(13)15/h3-11,16H,2,18H2,1H3. The van der Waals surface area contributed by atoms with Crippen molar-refractivity contribution in [1.82, 2.24) is 0 Å². The number of hydrogen-bond acceptors (Lipinski definition) is 3. The van der Waals surface area contributed by atoms with E-state index in [0.717, 1.165) is 11.3 Å². The van der Waals surface area contributed by atoms with Gasteiger partial charge in [0.05, 0.1) is 12.6 Å². The third kappa shape index (κ3) is 2.42. The third-order valence-electron chi connectivity index (χ3n) is 3.39. The molecule has 20 heavy (non-hydrogen) atoms. The predicted octanol–water partition coefficient (Wildman–Crippen LogP) is 4.35. The lowest BCUT2D eigenvalue weighted by molar-refractivity contribution is 0.340. The fourth-order valence-corrected chi connectivity index (χ4v) is 3.33. The van der Waals surface area contributed by atoms with E-state index < -0.39 is 0 Å². The van der Waals surface area contributed by atoms with Gasteiger partial charge >= 0.3 is 0 Å². The second-order valence-corrected chi connectivity index (χ2v) is 5.58. The summed E-state index contributed by atoms with van der Waals surface area (Å²) in [5, 5.41) is 3.37. The Hall–Kier alpha value is -1.84. The van der Waals surface area contributed by atoms with Gasteiger partial charge in [-0.05, 0) is 47.0 Å². The van der Waals surface area contributed by atoms with Crippen molar-refractivity contribution in [2.75, 3.05) is 6.61 Å². The van der Waals surface area contributed by atoms with E-state index in [9.17, 15) is 0 Å². The molecule has 2 nitrogen and oxygen atoms in total. The highest BCUT2D eigenvalue weighted by molar-refractivity contribution is 7.17. The monoisotopic (exact) mass is 283 g/mol. The molecule has 1 aromatic heterocycles. The molecule has 1 unspecified atom stereocenters. The second-order valence-electron chi connectivity index (χ2n) is 4.67. The van der Waals surface area contributed by atoms with Crippen LogP contribution < -0.4 is 10.5 Å². The molecule has 0 aliphatic carbocycles. The van der Waals surface area contributed by atoms with Crippen molar-refractivity contribution in [3.05, 3.63) is 65.0 Å². The van der Waals surface area contributed by atoms with Crippen molar-refractivity contribution in [1.29, 1.82) is 0 Å². The Kier molecular flexibility index (Phi) is 3.72. The molecule has 3 rings (SSSR count). The summed E-state index contributed by atoms with van der Waals surface area (Å²) < 4.78 is 6.74. The van der Waals surface area contributed by atoms with Crippen LogP contribution in [-0.2, 0) is 0 Å². The van der Waals surface area contributed by atoms with Gasteiger partial charge in [-0.1, -0.05) is 30.3 Å². The Bertz CT molecular complexity index is 702. The van der Waals surface area contributed by atoms with Crippen LogP contribution in [0.15, 0.2) is 53.9 Å². The van der Waals surface area contributed by atoms with Crippen molar-refractivity contribution in [2.45, 2.75) is 13.0 Å². The minimum absolute atomic E-state index is 0.104.